The number of nitriles is 1. The van der Waals surface area contributed by atoms with Gasteiger partial charge in [-0.2, -0.15) is 5.26 Å². The molecule has 1 saturated heterocycles. The van der Waals surface area contributed by atoms with Crippen LogP contribution in [0, 0.1) is 17.2 Å². The molecule has 1 N–H and O–H groups in total. The minimum atomic E-state index is -3.63. The third-order valence-corrected chi connectivity index (χ3v) is 5.42. The van der Waals surface area contributed by atoms with Gasteiger partial charge in [0.05, 0.1) is 16.6 Å². The van der Waals surface area contributed by atoms with Crippen molar-refractivity contribution in [1.29, 1.82) is 5.26 Å². The first-order chi connectivity index (χ1) is 9.12. The molecule has 0 amide bonds. The first kappa shape index (κ1) is 12.6. The average Bonchev–Trinajstić information content (AvgIpc) is 2.77. The lowest BCUT2D eigenvalue weighted by molar-refractivity contribution is 0.0143. The third-order valence-electron chi connectivity index (χ3n) is 3.87. The number of hydrogen-bond donors (Lipinski definition) is 1. The van der Waals surface area contributed by atoms with Crippen LogP contribution in [0.3, 0.4) is 0 Å². The fraction of sp³-hybridized carbons (Fsp3) is 0.462. The van der Waals surface area contributed by atoms with E-state index in [1.54, 1.807) is 12.1 Å². The van der Waals surface area contributed by atoms with E-state index in [4.69, 9.17) is 10.00 Å². The molecule has 3 atom stereocenters. The molecule has 6 heteroatoms. The second kappa shape index (κ2) is 4.60. The van der Waals surface area contributed by atoms with Crippen LogP contribution < -0.4 is 4.72 Å². The van der Waals surface area contributed by atoms with E-state index in [0.717, 1.165) is 12.8 Å². The van der Waals surface area contributed by atoms with Crippen molar-refractivity contribution >= 4 is 10.0 Å². The number of rotatable bonds is 3. The Morgan fingerprint density at radius 3 is 2.89 bits per heavy atom. The predicted octanol–water partition coefficient (Wildman–Crippen LogP) is 1.01. The van der Waals surface area contributed by atoms with Crippen molar-refractivity contribution in [3.8, 4) is 6.07 Å². The lowest BCUT2D eigenvalue weighted by atomic mass is 9.77. The number of benzene rings is 1. The Morgan fingerprint density at radius 1 is 1.37 bits per heavy atom. The Labute approximate surface area is 112 Å². The quantitative estimate of drug-likeness (QED) is 0.895. The van der Waals surface area contributed by atoms with Crippen molar-refractivity contribution < 1.29 is 13.2 Å². The number of nitrogens with zero attached hydrogens (tertiary/aromatic N) is 1. The average molecular weight is 278 g/mol. The van der Waals surface area contributed by atoms with Crippen molar-refractivity contribution in [2.75, 3.05) is 6.61 Å². The Balaban J connectivity index is 1.82. The summed E-state index contributed by atoms with van der Waals surface area (Å²) in [5.41, 5.74) is 0.175. The lowest BCUT2D eigenvalue weighted by Crippen LogP contribution is -2.53. The second-order valence-corrected chi connectivity index (χ2v) is 6.62. The van der Waals surface area contributed by atoms with Crippen molar-refractivity contribution in [1.82, 2.24) is 4.72 Å². The third kappa shape index (κ3) is 2.14. The summed E-state index contributed by atoms with van der Waals surface area (Å²) in [5, 5.41) is 8.98. The fourth-order valence-corrected chi connectivity index (χ4v) is 4.25. The molecule has 0 radical (unpaired) electrons. The Bertz CT molecular complexity index is 636. The molecular weight excluding hydrogens is 264 g/mol. The number of fused-ring (bicyclic) bond motifs is 1. The topological polar surface area (TPSA) is 79.2 Å². The van der Waals surface area contributed by atoms with Gasteiger partial charge >= 0.3 is 0 Å². The van der Waals surface area contributed by atoms with E-state index in [0.29, 0.717) is 6.61 Å². The van der Waals surface area contributed by atoms with Crippen molar-refractivity contribution in [2.45, 2.75) is 29.9 Å². The molecule has 19 heavy (non-hydrogen) atoms. The van der Waals surface area contributed by atoms with E-state index >= 15 is 0 Å². The van der Waals surface area contributed by atoms with Crippen LogP contribution in [-0.2, 0) is 14.8 Å². The van der Waals surface area contributed by atoms with E-state index in [1.807, 2.05) is 6.07 Å². The van der Waals surface area contributed by atoms with Crippen molar-refractivity contribution in [3.05, 3.63) is 29.8 Å². The number of hydrogen-bond acceptors (Lipinski definition) is 4. The van der Waals surface area contributed by atoms with Gasteiger partial charge in [-0.15, -0.1) is 0 Å². The van der Waals surface area contributed by atoms with Gasteiger partial charge in [0.25, 0.3) is 0 Å². The molecule has 1 saturated carbocycles. The van der Waals surface area contributed by atoms with Crippen molar-refractivity contribution in [2.24, 2.45) is 5.92 Å². The molecule has 0 bridgehead atoms. The first-order valence-corrected chi connectivity index (χ1v) is 7.73. The molecule has 3 rings (SSSR count). The standard InChI is InChI=1S/C13H14N2O3S/c14-8-9-3-1-2-4-13(9)19(16,17)15-11-7-12-10(11)5-6-18-12/h1-4,10-12,15H,5-7H2/t10-,11+,12+/m1/s1. The predicted molar refractivity (Wildman–Crippen MR) is 67.7 cm³/mol. The minimum Gasteiger partial charge on any atom is -0.378 e. The zero-order valence-corrected chi connectivity index (χ0v) is 11.1. The van der Waals surface area contributed by atoms with E-state index in [2.05, 4.69) is 4.72 Å². The summed E-state index contributed by atoms with van der Waals surface area (Å²) in [7, 11) is -3.63. The zero-order chi connectivity index (χ0) is 13.5. The first-order valence-electron chi connectivity index (χ1n) is 6.25. The Hall–Kier alpha value is -1.42. The monoisotopic (exact) mass is 278 g/mol. The van der Waals surface area contributed by atoms with Gasteiger partial charge in [0.2, 0.25) is 10.0 Å². The van der Waals surface area contributed by atoms with E-state index < -0.39 is 10.0 Å². The molecule has 5 nitrogen and oxygen atoms in total. The summed E-state index contributed by atoms with van der Waals surface area (Å²) in [6.45, 7) is 0.711. The Morgan fingerprint density at radius 2 is 2.16 bits per heavy atom. The van der Waals surface area contributed by atoms with Crippen LogP contribution >= 0.6 is 0 Å². The van der Waals surface area contributed by atoms with Gasteiger partial charge < -0.3 is 4.74 Å². The van der Waals surface area contributed by atoms with Crippen LogP contribution in [0.5, 0.6) is 0 Å². The van der Waals surface area contributed by atoms with Gasteiger partial charge in [-0.25, -0.2) is 13.1 Å². The summed E-state index contributed by atoms with van der Waals surface area (Å²) in [5.74, 6) is 0.282. The molecule has 1 aromatic carbocycles. The van der Waals surface area contributed by atoms with E-state index in [9.17, 15) is 8.42 Å². The zero-order valence-electron chi connectivity index (χ0n) is 10.2. The number of ether oxygens (including phenoxy) is 1. The van der Waals surface area contributed by atoms with E-state index in [1.165, 1.54) is 12.1 Å². The molecule has 0 aromatic heterocycles. The Kier molecular flexibility index (Phi) is 3.05. The minimum absolute atomic E-state index is 0.0554. The van der Waals surface area contributed by atoms with Crippen LogP contribution in [-0.4, -0.2) is 27.2 Å². The van der Waals surface area contributed by atoms with Crippen LogP contribution in [0.4, 0.5) is 0 Å². The van der Waals surface area contributed by atoms with Crippen LogP contribution in [0.1, 0.15) is 18.4 Å². The number of sulfonamides is 1. The molecule has 2 fully saturated rings. The van der Waals surface area contributed by atoms with Crippen LogP contribution in [0.25, 0.3) is 0 Å². The highest BCUT2D eigenvalue weighted by Gasteiger charge is 2.46. The summed E-state index contributed by atoms with van der Waals surface area (Å²) in [6.07, 6.45) is 1.83. The molecule has 1 heterocycles. The molecule has 2 aliphatic rings. The summed E-state index contributed by atoms with van der Waals surface area (Å²) in [4.78, 5) is 0.0554. The maximum absolute atomic E-state index is 12.3. The maximum Gasteiger partial charge on any atom is 0.242 e. The molecule has 1 aliphatic heterocycles. The lowest BCUT2D eigenvalue weighted by Gasteiger charge is -2.39. The fourth-order valence-electron chi connectivity index (χ4n) is 2.79. The van der Waals surface area contributed by atoms with Gasteiger partial charge in [0.15, 0.2) is 0 Å². The number of nitrogens with one attached hydrogen (secondary N) is 1. The molecule has 0 unspecified atom stereocenters. The summed E-state index contributed by atoms with van der Waals surface area (Å²) >= 11 is 0. The second-order valence-electron chi connectivity index (χ2n) is 4.93. The SMILES string of the molecule is N#Cc1ccccc1S(=O)(=O)N[C@H]1C[C@@H]2OCC[C@H]12. The van der Waals surface area contributed by atoms with Crippen LogP contribution in [0.15, 0.2) is 29.2 Å². The normalized spacial score (nSPS) is 29.3. The maximum atomic E-state index is 12.3. The molecule has 0 spiro atoms. The smallest absolute Gasteiger partial charge is 0.242 e. The summed E-state index contributed by atoms with van der Waals surface area (Å²) in [6, 6.07) is 8.10. The highest BCUT2D eigenvalue weighted by atomic mass is 32.2. The highest BCUT2D eigenvalue weighted by molar-refractivity contribution is 7.89. The highest BCUT2D eigenvalue weighted by Crippen LogP contribution is 2.39. The molecule has 1 aliphatic carbocycles. The van der Waals surface area contributed by atoms with Crippen molar-refractivity contribution in [3.63, 3.8) is 0 Å². The molecule has 100 valence electrons. The van der Waals surface area contributed by atoms with Gasteiger partial charge in [-0.1, -0.05) is 12.1 Å². The molecule has 1 aromatic rings. The largest absolute Gasteiger partial charge is 0.378 e. The molecular formula is C13H14N2O3S. The summed E-state index contributed by atoms with van der Waals surface area (Å²) < 4.78 is 32.8. The van der Waals surface area contributed by atoms with Gasteiger partial charge in [-0.3, -0.25) is 0 Å². The van der Waals surface area contributed by atoms with Crippen LogP contribution in [0.2, 0.25) is 0 Å². The van der Waals surface area contributed by atoms with Gasteiger partial charge in [0, 0.05) is 18.6 Å². The van der Waals surface area contributed by atoms with Gasteiger partial charge in [0.1, 0.15) is 6.07 Å². The van der Waals surface area contributed by atoms with E-state index in [-0.39, 0.29) is 28.5 Å². The van der Waals surface area contributed by atoms with Gasteiger partial charge in [-0.05, 0) is 25.0 Å².